The van der Waals surface area contributed by atoms with Gasteiger partial charge >= 0.3 is 0 Å². The van der Waals surface area contributed by atoms with Crippen molar-refractivity contribution in [2.75, 3.05) is 0 Å². The molecule has 0 amide bonds. The van der Waals surface area contributed by atoms with Crippen LogP contribution in [0, 0.1) is 0 Å². The van der Waals surface area contributed by atoms with E-state index in [1.54, 1.807) is 0 Å². The Labute approximate surface area is 140 Å². The lowest BCUT2D eigenvalue weighted by Crippen LogP contribution is -1.98. The summed E-state index contributed by atoms with van der Waals surface area (Å²) >= 11 is 0. The highest BCUT2D eigenvalue weighted by molar-refractivity contribution is 6.07. The lowest BCUT2D eigenvalue weighted by molar-refractivity contribution is 0.322. The second-order valence-corrected chi connectivity index (χ2v) is 5.56. The van der Waals surface area contributed by atoms with Crippen molar-refractivity contribution in [1.29, 1.82) is 0 Å². The number of fused-ring (bicyclic) bond motifs is 1. The highest BCUT2D eigenvalue weighted by atomic mass is 16.4. The molecule has 0 bridgehead atoms. The molecule has 4 aromatic rings. The molecule has 1 aromatic heterocycles. The molecule has 0 atom stereocenters. The molecule has 24 heavy (non-hydrogen) atoms. The van der Waals surface area contributed by atoms with Gasteiger partial charge in [0.2, 0.25) is 0 Å². The van der Waals surface area contributed by atoms with Gasteiger partial charge in [-0.1, -0.05) is 71.9 Å². The summed E-state index contributed by atoms with van der Waals surface area (Å²) in [6.45, 7) is 0. The minimum Gasteiger partial charge on any atom is -0.411 e. The summed E-state index contributed by atoms with van der Waals surface area (Å²) in [6.07, 6.45) is 1.52. The number of hydrogen-bond donors (Lipinski definition) is 1. The molecule has 116 valence electrons. The molecule has 0 aliphatic carbocycles. The number of benzene rings is 3. The van der Waals surface area contributed by atoms with Gasteiger partial charge in [-0.05, 0) is 23.8 Å². The maximum absolute atomic E-state index is 9.19. The molecule has 1 N–H and O–H groups in total. The van der Waals surface area contributed by atoms with Gasteiger partial charge < -0.3 is 9.77 Å². The van der Waals surface area contributed by atoms with Crippen LogP contribution in [0.2, 0.25) is 0 Å². The van der Waals surface area contributed by atoms with E-state index in [0.29, 0.717) is 0 Å². The minimum absolute atomic E-state index is 0.906. The van der Waals surface area contributed by atoms with Crippen LogP contribution in [0.15, 0.2) is 90.1 Å². The van der Waals surface area contributed by atoms with E-state index in [4.69, 9.17) is 0 Å². The summed E-state index contributed by atoms with van der Waals surface area (Å²) < 4.78 is 2.21. The van der Waals surface area contributed by atoms with Crippen molar-refractivity contribution in [2.45, 2.75) is 0 Å². The monoisotopic (exact) mass is 312 g/mol. The Kier molecular flexibility index (Phi) is 3.60. The van der Waals surface area contributed by atoms with E-state index in [1.165, 1.54) is 6.21 Å². The maximum Gasteiger partial charge on any atom is 0.0761 e. The van der Waals surface area contributed by atoms with Crippen molar-refractivity contribution in [3.8, 4) is 16.9 Å². The number of rotatable bonds is 3. The first-order valence-corrected chi connectivity index (χ1v) is 7.82. The Morgan fingerprint density at radius 1 is 0.750 bits per heavy atom. The topological polar surface area (TPSA) is 37.5 Å². The maximum atomic E-state index is 9.19. The third-order valence-electron chi connectivity index (χ3n) is 4.16. The van der Waals surface area contributed by atoms with Gasteiger partial charge in [-0.25, -0.2) is 0 Å². The fraction of sp³-hybridized carbons (Fsp3) is 0. The summed E-state index contributed by atoms with van der Waals surface area (Å²) in [5.41, 5.74) is 5.15. The van der Waals surface area contributed by atoms with Crippen LogP contribution < -0.4 is 0 Å². The van der Waals surface area contributed by atoms with E-state index in [1.807, 2.05) is 48.5 Å². The second kappa shape index (κ2) is 6.05. The summed E-state index contributed by atoms with van der Waals surface area (Å²) in [5.74, 6) is 0. The van der Waals surface area contributed by atoms with Gasteiger partial charge in [0, 0.05) is 16.6 Å². The summed E-state index contributed by atoms with van der Waals surface area (Å²) in [5, 5.41) is 13.6. The van der Waals surface area contributed by atoms with Crippen LogP contribution >= 0.6 is 0 Å². The largest absolute Gasteiger partial charge is 0.411 e. The summed E-state index contributed by atoms with van der Waals surface area (Å²) in [4.78, 5) is 0. The molecule has 0 saturated heterocycles. The predicted octanol–water partition coefficient (Wildman–Crippen LogP) is 5.11. The normalized spacial score (nSPS) is 11.3. The van der Waals surface area contributed by atoms with E-state index in [-0.39, 0.29) is 0 Å². The van der Waals surface area contributed by atoms with Crippen molar-refractivity contribution in [3.05, 3.63) is 90.5 Å². The van der Waals surface area contributed by atoms with E-state index in [0.717, 1.165) is 33.4 Å². The number of aromatic nitrogens is 1. The van der Waals surface area contributed by atoms with Crippen molar-refractivity contribution >= 4 is 17.1 Å². The minimum atomic E-state index is 0.906. The van der Waals surface area contributed by atoms with Crippen LogP contribution in [0.1, 0.15) is 5.56 Å². The highest BCUT2D eigenvalue weighted by Gasteiger charge is 2.18. The van der Waals surface area contributed by atoms with Gasteiger partial charge in [-0.3, -0.25) is 0 Å². The fourth-order valence-electron chi connectivity index (χ4n) is 3.18. The van der Waals surface area contributed by atoms with Crippen LogP contribution in [0.5, 0.6) is 0 Å². The number of oxime groups is 1. The van der Waals surface area contributed by atoms with Crippen LogP contribution in [0.3, 0.4) is 0 Å². The molecule has 1 heterocycles. The van der Waals surface area contributed by atoms with Gasteiger partial charge in [0.15, 0.2) is 0 Å². The molecular weight excluding hydrogens is 296 g/mol. The molecule has 3 aromatic carbocycles. The van der Waals surface area contributed by atoms with Gasteiger partial charge in [-0.15, -0.1) is 0 Å². The molecular formula is C21H16N2O. The number of nitrogens with zero attached hydrogens (tertiary/aromatic N) is 2. The van der Waals surface area contributed by atoms with Crippen LogP contribution in [0.25, 0.3) is 27.8 Å². The van der Waals surface area contributed by atoms with Crippen LogP contribution in [-0.2, 0) is 0 Å². The van der Waals surface area contributed by atoms with Crippen LogP contribution in [-0.4, -0.2) is 16.0 Å². The van der Waals surface area contributed by atoms with Gasteiger partial charge in [0.25, 0.3) is 0 Å². The first-order valence-electron chi connectivity index (χ1n) is 7.82. The third kappa shape index (κ3) is 2.27. The SMILES string of the molecule is ON=Cc1c(-c2ccccc2)n(-c2ccccc2)c2ccccc12. The summed E-state index contributed by atoms with van der Waals surface area (Å²) in [6, 6.07) is 28.6. The van der Waals surface area contributed by atoms with Gasteiger partial charge in [0.1, 0.15) is 0 Å². The summed E-state index contributed by atoms with van der Waals surface area (Å²) in [7, 11) is 0. The Morgan fingerprint density at radius 3 is 2.08 bits per heavy atom. The quantitative estimate of drug-likeness (QED) is 0.319. The molecule has 4 rings (SSSR count). The van der Waals surface area contributed by atoms with Crippen molar-refractivity contribution < 1.29 is 5.21 Å². The fourth-order valence-corrected chi connectivity index (χ4v) is 3.18. The zero-order valence-corrected chi connectivity index (χ0v) is 13.0. The van der Waals surface area contributed by atoms with E-state index >= 15 is 0 Å². The van der Waals surface area contributed by atoms with E-state index < -0.39 is 0 Å². The first kappa shape index (κ1) is 14.3. The zero-order chi connectivity index (χ0) is 16.4. The Hall–Kier alpha value is -3.33. The Bertz CT molecular complexity index is 1000. The number of para-hydroxylation sites is 2. The molecule has 0 fully saturated rings. The molecule has 0 aliphatic heterocycles. The molecule has 0 spiro atoms. The lowest BCUT2D eigenvalue weighted by Gasteiger charge is -2.12. The smallest absolute Gasteiger partial charge is 0.0761 e. The lowest BCUT2D eigenvalue weighted by atomic mass is 10.1. The van der Waals surface area contributed by atoms with Crippen molar-refractivity contribution in [3.63, 3.8) is 0 Å². The average Bonchev–Trinajstić information content (AvgIpc) is 2.98. The van der Waals surface area contributed by atoms with Crippen LogP contribution in [0.4, 0.5) is 0 Å². The number of hydrogen-bond acceptors (Lipinski definition) is 2. The molecule has 0 saturated carbocycles. The Morgan fingerprint density at radius 2 is 1.38 bits per heavy atom. The molecule has 0 unspecified atom stereocenters. The van der Waals surface area contributed by atoms with Gasteiger partial charge in [0.05, 0.1) is 17.4 Å². The van der Waals surface area contributed by atoms with E-state index in [9.17, 15) is 5.21 Å². The molecule has 3 heteroatoms. The van der Waals surface area contributed by atoms with E-state index in [2.05, 4.69) is 46.1 Å². The highest BCUT2D eigenvalue weighted by Crippen LogP contribution is 2.35. The van der Waals surface area contributed by atoms with Gasteiger partial charge in [-0.2, -0.15) is 0 Å². The van der Waals surface area contributed by atoms with Crippen molar-refractivity contribution in [1.82, 2.24) is 4.57 Å². The first-order chi connectivity index (χ1) is 11.9. The Balaban J connectivity index is 2.17. The molecule has 3 nitrogen and oxygen atoms in total. The molecule has 0 radical (unpaired) electrons. The predicted molar refractivity (Wildman–Crippen MR) is 98.1 cm³/mol. The second-order valence-electron chi connectivity index (χ2n) is 5.56. The molecule has 0 aliphatic rings. The third-order valence-corrected chi connectivity index (χ3v) is 4.16. The average molecular weight is 312 g/mol. The zero-order valence-electron chi connectivity index (χ0n) is 13.0. The standard InChI is InChI=1S/C21H16N2O/c24-22-15-19-18-13-7-8-14-20(18)23(17-11-5-2-6-12-17)21(19)16-9-3-1-4-10-16/h1-15,24H. The van der Waals surface area contributed by atoms with Crippen molar-refractivity contribution in [2.24, 2.45) is 5.16 Å².